The van der Waals surface area contributed by atoms with Crippen LogP contribution in [0, 0.1) is 17.1 Å². The van der Waals surface area contributed by atoms with Gasteiger partial charge < -0.3 is 10.2 Å². The van der Waals surface area contributed by atoms with E-state index in [0.29, 0.717) is 11.3 Å². The highest BCUT2D eigenvalue weighted by molar-refractivity contribution is 7.89. The maximum absolute atomic E-state index is 13.3. The highest BCUT2D eigenvalue weighted by atomic mass is 32.2. The van der Waals surface area contributed by atoms with Gasteiger partial charge in [0, 0.05) is 31.9 Å². The zero-order chi connectivity index (χ0) is 20.1. The molecule has 7 nitrogen and oxygen atoms in total. The van der Waals surface area contributed by atoms with Crippen LogP contribution in [-0.2, 0) is 14.8 Å². The number of carbonyl (C=O) groups excluding carboxylic acids is 1. The zero-order valence-electron chi connectivity index (χ0n) is 15.0. The summed E-state index contributed by atoms with van der Waals surface area (Å²) in [6.07, 6.45) is 0. The molecule has 1 N–H and O–H groups in total. The van der Waals surface area contributed by atoms with Crippen molar-refractivity contribution in [2.45, 2.75) is 4.90 Å². The summed E-state index contributed by atoms with van der Waals surface area (Å²) in [7, 11) is -3.79. The van der Waals surface area contributed by atoms with Gasteiger partial charge >= 0.3 is 0 Å². The third-order valence-corrected chi connectivity index (χ3v) is 6.36. The monoisotopic (exact) mass is 402 g/mol. The minimum absolute atomic E-state index is 0.0472. The lowest BCUT2D eigenvalue weighted by molar-refractivity contribution is -0.130. The molecule has 0 saturated carbocycles. The highest BCUT2D eigenvalue weighted by Gasteiger charge is 2.30. The fraction of sp³-hybridized carbons (Fsp3) is 0.263. The van der Waals surface area contributed by atoms with E-state index in [1.165, 1.54) is 22.5 Å². The Bertz CT molecular complexity index is 1010. The first-order valence-corrected chi connectivity index (χ1v) is 10.1. The van der Waals surface area contributed by atoms with E-state index in [2.05, 4.69) is 5.32 Å². The molecule has 9 heteroatoms. The number of nitrogens with one attached hydrogen (secondary N) is 1. The fourth-order valence-corrected chi connectivity index (χ4v) is 4.40. The topological polar surface area (TPSA) is 93.5 Å². The van der Waals surface area contributed by atoms with E-state index in [1.54, 1.807) is 29.2 Å². The summed E-state index contributed by atoms with van der Waals surface area (Å²) >= 11 is 0. The van der Waals surface area contributed by atoms with Gasteiger partial charge in [-0.3, -0.25) is 4.79 Å². The van der Waals surface area contributed by atoms with E-state index in [1.807, 2.05) is 6.07 Å². The molecular weight excluding hydrogens is 383 g/mol. The molecule has 0 aromatic heterocycles. The third kappa shape index (κ3) is 4.47. The second-order valence-electron chi connectivity index (χ2n) is 6.29. The summed E-state index contributed by atoms with van der Waals surface area (Å²) in [5, 5.41) is 11.9. The first-order chi connectivity index (χ1) is 13.4. The number of anilines is 1. The number of carbonyl (C=O) groups is 1. The van der Waals surface area contributed by atoms with E-state index >= 15 is 0 Å². The molecule has 1 aliphatic heterocycles. The standard InChI is InChI=1S/C19H19FN4O3S/c20-16-4-2-6-18(12-16)28(26,27)24-9-7-23(8-10-24)19(25)14-22-17-5-1-3-15(11-17)13-21/h1-6,11-12,22H,7-10,14H2. The number of halogens is 1. The minimum Gasteiger partial charge on any atom is -0.376 e. The molecule has 3 rings (SSSR count). The quantitative estimate of drug-likeness (QED) is 0.821. The predicted octanol–water partition coefficient (Wildman–Crippen LogP) is 1.64. The number of rotatable bonds is 5. The molecule has 1 heterocycles. The van der Waals surface area contributed by atoms with Crippen LogP contribution in [0.2, 0.25) is 0 Å². The molecule has 1 aliphatic rings. The molecule has 0 spiro atoms. The average Bonchev–Trinajstić information content (AvgIpc) is 2.72. The predicted molar refractivity (Wildman–Crippen MR) is 101 cm³/mol. The molecule has 2 aromatic carbocycles. The van der Waals surface area contributed by atoms with Gasteiger partial charge in [-0.2, -0.15) is 9.57 Å². The van der Waals surface area contributed by atoms with Gasteiger partial charge in [-0.05, 0) is 36.4 Å². The highest BCUT2D eigenvalue weighted by Crippen LogP contribution is 2.18. The Hall–Kier alpha value is -2.96. The lowest BCUT2D eigenvalue weighted by Gasteiger charge is -2.34. The summed E-state index contributed by atoms with van der Waals surface area (Å²) in [6, 6.07) is 13.7. The van der Waals surface area contributed by atoms with Crippen molar-refractivity contribution in [2.75, 3.05) is 38.0 Å². The molecule has 146 valence electrons. The van der Waals surface area contributed by atoms with Crippen LogP contribution in [-0.4, -0.2) is 56.3 Å². The molecule has 0 radical (unpaired) electrons. The summed E-state index contributed by atoms with van der Waals surface area (Å²) in [6.45, 7) is 0.856. The van der Waals surface area contributed by atoms with Gasteiger partial charge in [-0.15, -0.1) is 0 Å². The molecule has 0 bridgehead atoms. The maximum Gasteiger partial charge on any atom is 0.243 e. The molecule has 28 heavy (non-hydrogen) atoms. The Labute approximate surface area is 163 Å². The minimum atomic E-state index is -3.79. The number of nitriles is 1. The van der Waals surface area contributed by atoms with Gasteiger partial charge in [-0.1, -0.05) is 12.1 Å². The van der Waals surface area contributed by atoms with Crippen molar-refractivity contribution in [3.63, 3.8) is 0 Å². The second kappa shape index (κ2) is 8.37. The molecule has 2 aromatic rings. The van der Waals surface area contributed by atoms with Crippen LogP contribution in [0.25, 0.3) is 0 Å². The summed E-state index contributed by atoms with van der Waals surface area (Å²) in [5.41, 5.74) is 1.16. The molecule has 0 aliphatic carbocycles. The fourth-order valence-electron chi connectivity index (χ4n) is 2.94. The lowest BCUT2D eigenvalue weighted by Crippen LogP contribution is -2.51. The van der Waals surface area contributed by atoms with E-state index in [0.717, 1.165) is 6.07 Å². The van der Waals surface area contributed by atoms with E-state index < -0.39 is 15.8 Å². The van der Waals surface area contributed by atoms with Gasteiger partial charge in [0.05, 0.1) is 23.1 Å². The Morgan fingerprint density at radius 1 is 1.11 bits per heavy atom. The van der Waals surface area contributed by atoms with Crippen molar-refractivity contribution in [3.05, 3.63) is 59.9 Å². The Balaban J connectivity index is 1.56. The Morgan fingerprint density at radius 2 is 1.82 bits per heavy atom. The van der Waals surface area contributed by atoms with Gasteiger partial charge in [0.15, 0.2) is 0 Å². The van der Waals surface area contributed by atoms with Crippen LogP contribution >= 0.6 is 0 Å². The Morgan fingerprint density at radius 3 is 2.50 bits per heavy atom. The average molecular weight is 402 g/mol. The summed E-state index contributed by atoms with van der Waals surface area (Å²) in [4.78, 5) is 13.9. The molecule has 1 saturated heterocycles. The number of amides is 1. The van der Waals surface area contributed by atoms with Crippen molar-refractivity contribution in [3.8, 4) is 6.07 Å². The van der Waals surface area contributed by atoms with Crippen LogP contribution < -0.4 is 5.32 Å². The largest absolute Gasteiger partial charge is 0.376 e. The number of hydrogen-bond donors (Lipinski definition) is 1. The normalized spacial score (nSPS) is 15.1. The molecule has 0 unspecified atom stereocenters. The van der Waals surface area contributed by atoms with Gasteiger partial charge in [0.1, 0.15) is 5.82 Å². The van der Waals surface area contributed by atoms with Crippen molar-refractivity contribution < 1.29 is 17.6 Å². The van der Waals surface area contributed by atoms with Crippen LogP contribution in [0.1, 0.15) is 5.56 Å². The number of piperazine rings is 1. The van der Waals surface area contributed by atoms with E-state index in [-0.39, 0.29) is 43.5 Å². The second-order valence-corrected chi connectivity index (χ2v) is 8.23. The van der Waals surface area contributed by atoms with Gasteiger partial charge in [0.25, 0.3) is 0 Å². The van der Waals surface area contributed by atoms with Crippen molar-refractivity contribution in [1.82, 2.24) is 9.21 Å². The van der Waals surface area contributed by atoms with Crippen molar-refractivity contribution in [2.24, 2.45) is 0 Å². The number of sulfonamides is 1. The van der Waals surface area contributed by atoms with Gasteiger partial charge in [0.2, 0.25) is 15.9 Å². The first kappa shape index (κ1) is 19.8. The molecular formula is C19H19FN4O3S. The zero-order valence-corrected chi connectivity index (χ0v) is 15.8. The maximum atomic E-state index is 13.3. The van der Waals surface area contributed by atoms with Crippen LogP contribution in [0.5, 0.6) is 0 Å². The third-order valence-electron chi connectivity index (χ3n) is 4.46. The number of nitrogens with zero attached hydrogens (tertiary/aromatic N) is 3. The van der Waals surface area contributed by atoms with Crippen LogP contribution in [0.15, 0.2) is 53.4 Å². The Kier molecular flexibility index (Phi) is 5.92. The number of hydrogen-bond acceptors (Lipinski definition) is 5. The van der Waals surface area contributed by atoms with Crippen molar-refractivity contribution >= 4 is 21.6 Å². The van der Waals surface area contributed by atoms with E-state index in [4.69, 9.17) is 5.26 Å². The molecule has 1 fully saturated rings. The van der Waals surface area contributed by atoms with E-state index in [9.17, 15) is 17.6 Å². The molecule has 1 amide bonds. The summed E-state index contributed by atoms with van der Waals surface area (Å²) in [5.74, 6) is -0.772. The van der Waals surface area contributed by atoms with Crippen molar-refractivity contribution in [1.29, 1.82) is 5.26 Å². The molecule has 0 atom stereocenters. The summed E-state index contributed by atoms with van der Waals surface area (Å²) < 4.78 is 39.8. The number of benzene rings is 2. The van der Waals surface area contributed by atoms with Crippen LogP contribution in [0.4, 0.5) is 10.1 Å². The SMILES string of the molecule is N#Cc1cccc(NCC(=O)N2CCN(S(=O)(=O)c3cccc(F)c3)CC2)c1. The van der Waals surface area contributed by atoms with Gasteiger partial charge in [-0.25, -0.2) is 12.8 Å². The smallest absolute Gasteiger partial charge is 0.243 e. The van der Waals surface area contributed by atoms with Crippen LogP contribution in [0.3, 0.4) is 0 Å². The first-order valence-electron chi connectivity index (χ1n) is 8.68. The lowest BCUT2D eigenvalue weighted by atomic mass is 10.2.